The van der Waals surface area contributed by atoms with Crippen molar-refractivity contribution in [2.45, 2.75) is 25.2 Å². The molecule has 3 rings (SSSR count). The summed E-state index contributed by atoms with van der Waals surface area (Å²) in [6, 6.07) is 7.08. The number of aromatic hydroxyl groups is 1. The van der Waals surface area contributed by atoms with Gasteiger partial charge >= 0.3 is 24.3 Å². The molecule has 0 aliphatic heterocycles. The molecule has 0 spiro atoms. The number of hydrogen-bond acceptors (Lipinski definition) is 9. The maximum absolute atomic E-state index is 13.1. The number of amides is 1. The number of halogens is 6. The van der Waals surface area contributed by atoms with Gasteiger partial charge in [0.2, 0.25) is 0 Å². The Labute approximate surface area is 231 Å². The number of benzene rings is 2. The molecule has 0 radical (unpaired) electrons. The molecule has 2 aromatic carbocycles. The molecule has 0 bridgehead atoms. The number of nitrogen functional groups attached to an aromatic ring is 1. The van der Waals surface area contributed by atoms with Crippen molar-refractivity contribution in [1.29, 1.82) is 5.41 Å². The second-order valence-corrected chi connectivity index (χ2v) is 8.34. The molecule has 222 valence electrons. The molecule has 11 nitrogen and oxygen atoms in total. The molecule has 1 aromatic heterocycles. The van der Waals surface area contributed by atoms with Gasteiger partial charge in [-0.3, -0.25) is 10.2 Å². The quantitative estimate of drug-likeness (QED) is 0.0717. The fourth-order valence-electron chi connectivity index (χ4n) is 3.45. The number of aryl methyl sites for hydroxylation is 1. The van der Waals surface area contributed by atoms with Crippen molar-refractivity contribution in [3.8, 4) is 28.4 Å². The third-order valence-electron chi connectivity index (χ3n) is 5.40. The molecule has 3 aromatic rings. The smallest absolute Gasteiger partial charge is 0.491 e. The van der Waals surface area contributed by atoms with E-state index in [2.05, 4.69) is 25.0 Å². The van der Waals surface area contributed by atoms with Crippen LogP contribution in [0.5, 0.6) is 17.2 Å². The Kier molecular flexibility index (Phi) is 9.34. The highest BCUT2D eigenvalue weighted by Gasteiger charge is 2.45. The van der Waals surface area contributed by atoms with Crippen molar-refractivity contribution in [2.75, 3.05) is 6.54 Å². The van der Waals surface area contributed by atoms with Crippen molar-refractivity contribution in [2.24, 2.45) is 5.73 Å². The molecule has 0 aliphatic carbocycles. The summed E-state index contributed by atoms with van der Waals surface area (Å²) in [6.45, 7) is -0.192. The van der Waals surface area contributed by atoms with Crippen LogP contribution in [-0.2, 0) is 16.0 Å². The number of nitrogens with two attached hydrogens (primary N) is 1. The summed E-state index contributed by atoms with van der Waals surface area (Å²) < 4.78 is 87.0. The SMILES string of the molecule is N=C(N)c1ccc(O)c(CCCNC(=O)c2ccc(-c3ccnnc3)c(OC(=O)C(F)(F)F)c2OC(=O)C(F)(F)F)c1. The van der Waals surface area contributed by atoms with E-state index in [0.29, 0.717) is 11.1 Å². The average molecular weight is 599 g/mol. The first-order valence-corrected chi connectivity index (χ1v) is 11.6. The van der Waals surface area contributed by atoms with E-state index < -0.39 is 52.8 Å². The van der Waals surface area contributed by atoms with Gasteiger partial charge in [0.05, 0.1) is 18.0 Å². The van der Waals surface area contributed by atoms with Gasteiger partial charge in [-0.1, -0.05) is 0 Å². The average Bonchev–Trinajstić information content (AvgIpc) is 2.91. The minimum atomic E-state index is -5.65. The summed E-state index contributed by atoms with van der Waals surface area (Å²) in [5, 5.41) is 26.7. The lowest BCUT2D eigenvalue weighted by atomic mass is 10.0. The van der Waals surface area contributed by atoms with E-state index >= 15 is 0 Å². The van der Waals surface area contributed by atoms with Gasteiger partial charge in [-0.2, -0.15) is 36.5 Å². The number of rotatable bonds is 9. The van der Waals surface area contributed by atoms with Crippen molar-refractivity contribution in [3.05, 3.63) is 65.5 Å². The predicted octanol–water partition coefficient (Wildman–Crippen LogP) is 3.43. The highest BCUT2D eigenvalue weighted by atomic mass is 19.4. The van der Waals surface area contributed by atoms with Crippen LogP contribution in [0.25, 0.3) is 11.1 Å². The Morgan fingerprint density at radius 2 is 1.57 bits per heavy atom. The molecule has 42 heavy (non-hydrogen) atoms. The number of carbonyl (C=O) groups is 3. The van der Waals surface area contributed by atoms with Crippen molar-refractivity contribution >= 4 is 23.7 Å². The third-order valence-corrected chi connectivity index (χ3v) is 5.40. The number of hydrogen-bond donors (Lipinski definition) is 4. The lowest BCUT2D eigenvalue weighted by Gasteiger charge is -2.19. The molecule has 1 heterocycles. The maximum Gasteiger partial charge on any atom is 0.491 e. The molecule has 0 aliphatic rings. The number of carbonyl (C=O) groups excluding carboxylic acids is 3. The van der Waals surface area contributed by atoms with Crippen LogP contribution in [0.2, 0.25) is 0 Å². The minimum Gasteiger partial charge on any atom is -0.508 e. The lowest BCUT2D eigenvalue weighted by Crippen LogP contribution is -2.32. The molecule has 5 N–H and O–H groups in total. The molecular weight excluding hydrogens is 580 g/mol. The highest BCUT2D eigenvalue weighted by molar-refractivity contribution is 6.01. The van der Waals surface area contributed by atoms with E-state index in [1.165, 1.54) is 18.2 Å². The summed E-state index contributed by atoms with van der Waals surface area (Å²) >= 11 is 0. The highest BCUT2D eigenvalue weighted by Crippen LogP contribution is 2.42. The fraction of sp³-hybridized carbons (Fsp3) is 0.200. The number of nitrogens with zero attached hydrogens (tertiary/aromatic N) is 2. The number of phenols is 1. The second kappa shape index (κ2) is 12.5. The van der Waals surface area contributed by atoms with E-state index in [4.69, 9.17) is 11.1 Å². The first-order valence-electron chi connectivity index (χ1n) is 11.6. The second-order valence-electron chi connectivity index (χ2n) is 8.34. The molecule has 0 fully saturated rings. The van der Waals surface area contributed by atoms with Gasteiger partial charge in [0, 0.05) is 23.2 Å². The van der Waals surface area contributed by atoms with Crippen molar-refractivity contribution < 1.29 is 55.3 Å². The van der Waals surface area contributed by atoms with Crippen LogP contribution in [0, 0.1) is 5.41 Å². The summed E-state index contributed by atoms with van der Waals surface area (Å²) in [7, 11) is 0. The van der Waals surface area contributed by atoms with Gasteiger partial charge in [-0.05, 0) is 54.8 Å². The summed E-state index contributed by atoms with van der Waals surface area (Å²) in [5.41, 5.74) is 4.62. The molecule has 0 saturated carbocycles. The largest absolute Gasteiger partial charge is 0.508 e. The van der Waals surface area contributed by atoms with Gasteiger partial charge in [-0.25, -0.2) is 9.59 Å². The fourth-order valence-corrected chi connectivity index (χ4v) is 3.45. The monoisotopic (exact) mass is 599 g/mol. The number of ether oxygens (including phenoxy) is 2. The zero-order valence-electron chi connectivity index (χ0n) is 21.0. The van der Waals surface area contributed by atoms with Crippen LogP contribution in [-0.4, -0.2) is 57.9 Å². The maximum atomic E-state index is 13.1. The Morgan fingerprint density at radius 1 is 0.929 bits per heavy atom. The van der Waals surface area contributed by atoms with E-state index in [-0.39, 0.29) is 36.5 Å². The zero-order chi connectivity index (χ0) is 31.2. The number of esters is 2. The Hall–Kier alpha value is -5.22. The molecular formula is C25H19F6N5O6. The van der Waals surface area contributed by atoms with Crippen molar-refractivity contribution in [3.63, 3.8) is 0 Å². The van der Waals surface area contributed by atoms with Crippen LogP contribution < -0.4 is 20.5 Å². The summed E-state index contributed by atoms with van der Waals surface area (Å²) in [5.74, 6) is -10.1. The number of alkyl halides is 6. The predicted molar refractivity (Wildman–Crippen MR) is 131 cm³/mol. The minimum absolute atomic E-state index is 0.112. The summed E-state index contributed by atoms with van der Waals surface area (Å²) in [6.07, 6.45) is -8.99. The van der Waals surface area contributed by atoms with E-state index in [1.54, 1.807) is 0 Å². The van der Waals surface area contributed by atoms with Gasteiger partial charge in [0.1, 0.15) is 11.6 Å². The molecule has 17 heteroatoms. The Balaban J connectivity index is 1.98. The first-order chi connectivity index (χ1) is 19.6. The topological polar surface area (TPSA) is 178 Å². The first kappa shape index (κ1) is 31.3. The molecule has 1 amide bonds. The molecule has 0 atom stereocenters. The van der Waals surface area contributed by atoms with Crippen LogP contribution in [0.1, 0.15) is 27.9 Å². The summed E-state index contributed by atoms with van der Waals surface area (Å²) in [4.78, 5) is 36.3. The van der Waals surface area contributed by atoms with Crippen LogP contribution in [0.3, 0.4) is 0 Å². The van der Waals surface area contributed by atoms with Gasteiger partial charge < -0.3 is 25.6 Å². The number of aromatic nitrogens is 2. The van der Waals surface area contributed by atoms with E-state index in [9.17, 15) is 45.8 Å². The van der Waals surface area contributed by atoms with Crippen LogP contribution in [0.4, 0.5) is 26.3 Å². The number of nitrogens with one attached hydrogen (secondary N) is 2. The number of phenolic OH excluding ortho intramolecular Hbond substituents is 1. The Morgan fingerprint density at radius 3 is 2.14 bits per heavy atom. The van der Waals surface area contributed by atoms with Gasteiger partial charge in [0.15, 0.2) is 11.5 Å². The molecule has 0 saturated heterocycles. The normalized spacial score (nSPS) is 11.5. The van der Waals surface area contributed by atoms with Crippen LogP contribution >= 0.6 is 0 Å². The standard InChI is InChI=1S/C25H19F6N5O6/c26-24(27,28)22(39)41-18-15(14-7-9-35-36-11-14)4-5-16(19(18)42-23(40)25(29,30)31)21(38)34-8-1-2-12-10-13(20(32)33)3-6-17(12)37/h3-7,9-11,37H,1-2,8H2,(H3,32,33)(H,34,38). The zero-order valence-corrected chi connectivity index (χ0v) is 21.0. The van der Waals surface area contributed by atoms with Gasteiger partial charge in [0.25, 0.3) is 5.91 Å². The van der Waals surface area contributed by atoms with Crippen molar-refractivity contribution in [1.82, 2.24) is 15.5 Å². The third kappa shape index (κ3) is 7.70. The lowest BCUT2D eigenvalue weighted by molar-refractivity contribution is -0.191. The van der Waals surface area contributed by atoms with E-state index in [0.717, 1.165) is 30.6 Å². The molecule has 0 unspecified atom stereocenters. The Bertz CT molecular complexity index is 1510. The number of amidine groups is 1. The van der Waals surface area contributed by atoms with Crippen LogP contribution in [0.15, 0.2) is 48.8 Å². The van der Waals surface area contributed by atoms with Gasteiger partial charge in [-0.15, -0.1) is 0 Å². The van der Waals surface area contributed by atoms with E-state index in [1.807, 2.05) is 0 Å².